The Labute approximate surface area is 129 Å². The second-order valence-corrected chi connectivity index (χ2v) is 5.71. The summed E-state index contributed by atoms with van der Waals surface area (Å²) in [7, 11) is 0. The lowest BCUT2D eigenvalue weighted by atomic mass is 10.1. The number of nitrogens with zero attached hydrogens (tertiary/aromatic N) is 3. The summed E-state index contributed by atoms with van der Waals surface area (Å²) in [5.41, 5.74) is 2.20. The molecule has 0 aliphatic rings. The zero-order chi connectivity index (χ0) is 15.7. The first-order chi connectivity index (χ1) is 10.1. The van der Waals surface area contributed by atoms with E-state index in [4.69, 9.17) is 5.26 Å². The van der Waals surface area contributed by atoms with Gasteiger partial charge in [-0.05, 0) is 31.0 Å². The van der Waals surface area contributed by atoms with Crippen LogP contribution in [0.25, 0.3) is 0 Å². The van der Waals surface area contributed by atoms with Crippen LogP contribution in [0.15, 0.2) is 18.3 Å². The van der Waals surface area contributed by atoms with Crippen LogP contribution in [-0.2, 0) is 0 Å². The lowest BCUT2D eigenvalue weighted by Crippen LogP contribution is -2.29. The zero-order valence-electron chi connectivity index (χ0n) is 13.8. The molecule has 1 atom stereocenters. The Balaban J connectivity index is 2.83. The van der Waals surface area contributed by atoms with Gasteiger partial charge in [-0.2, -0.15) is 5.26 Å². The summed E-state index contributed by atoms with van der Waals surface area (Å²) in [5, 5.41) is 12.2. The minimum absolute atomic E-state index is 0.321. The molecule has 1 aromatic heterocycles. The number of anilines is 1. The highest BCUT2D eigenvalue weighted by atomic mass is 15.1. The third-order valence-electron chi connectivity index (χ3n) is 3.43. The van der Waals surface area contributed by atoms with Gasteiger partial charge in [-0.1, -0.05) is 27.7 Å². The molecule has 0 spiro atoms. The van der Waals surface area contributed by atoms with Gasteiger partial charge in [0.05, 0.1) is 30.1 Å². The van der Waals surface area contributed by atoms with Crippen LogP contribution in [0.2, 0.25) is 0 Å². The summed E-state index contributed by atoms with van der Waals surface area (Å²) < 4.78 is 0. The van der Waals surface area contributed by atoms with Crippen LogP contribution in [0.1, 0.15) is 52.3 Å². The maximum absolute atomic E-state index is 8.80. The van der Waals surface area contributed by atoms with Crippen molar-refractivity contribution < 1.29 is 0 Å². The fraction of sp³-hybridized carbons (Fsp3) is 0.647. The Morgan fingerprint density at radius 3 is 2.57 bits per heavy atom. The van der Waals surface area contributed by atoms with Crippen molar-refractivity contribution in [3.8, 4) is 6.07 Å². The second-order valence-electron chi connectivity index (χ2n) is 5.71. The number of nitrogens with one attached hydrogen (secondary N) is 1. The highest BCUT2D eigenvalue weighted by Crippen LogP contribution is 2.19. The molecule has 0 saturated carbocycles. The summed E-state index contributed by atoms with van der Waals surface area (Å²) in [5.74, 6) is 0.563. The van der Waals surface area contributed by atoms with Crippen molar-refractivity contribution in [2.24, 2.45) is 5.92 Å². The van der Waals surface area contributed by atoms with E-state index in [1.54, 1.807) is 0 Å². The van der Waals surface area contributed by atoms with Crippen molar-refractivity contribution in [2.45, 2.75) is 46.6 Å². The quantitative estimate of drug-likeness (QED) is 0.755. The van der Waals surface area contributed by atoms with Gasteiger partial charge in [0.2, 0.25) is 0 Å². The van der Waals surface area contributed by atoms with Gasteiger partial charge in [0, 0.05) is 19.1 Å². The molecule has 21 heavy (non-hydrogen) atoms. The van der Waals surface area contributed by atoms with E-state index in [1.165, 1.54) is 0 Å². The van der Waals surface area contributed by atoms with Crippen LogP contribution >= 0.6 is 0 Å². The van der Waals surface area contributed by atoms with Gasteiger partial charge >= 0.3 is 0 Å². The molecule has 1 unspecified atom stereocenters. The maximum atomic E-state index is 8.80. The van der Waals surface area contributed by atoms with Gasteiger partial charge in [-0.3, -0.25) is 4.98 Å². The molecule has 0 bridgehead atoms. The molecule has 0 saturated heterocycles. The highest BCUT2D eigenvalue weighted by molar-refractivity contribution is 5.45. The van der Waals surface area contributed by atoms with Crippen LogP contribution in [0.4, 0.5) is 5.69 Å². The average molecular weight is 288 g/mol. The Morgan fingerprint density at radius 2 is 2.10 bits per heavy atom. The Bertz CT molecular complexity index is 433. The molecule has 1 rings (SSSR count). The number of aromatic nitrogens is 1. The molecule has 0 aliphatic carbocycles. The van der Waals surface area contributed by atoms with Crippen LogP contribution in [0, 0.1) is 17.2 Å². The molecule has 0 aliphatic heterocycles. The average Bonchev–Trinajstić information content (AvgIpc) is 2.49. The molecule has 116 valence electrons. The molecule has 0 amide bonds. The van der Waals surface area contributed by atoms with Gasteiger partial charge in [0.1, 0.15) is 0 Å². The number of rotatable bonds is 9. The van der Waals surface area contributed by atoms with E-state index in [2.05, 4.69) is 61.1 Å². The van der Waals surface area contributed by atoms with Crippen LogP contribution in [0.5, 0.6) is 0 Å². The van der Waals surface area contributed by atoms with Gasteiger partial charge in [-0.15, -0.1) is 0 Å². The number of hydrogen-bond acceptors (Lipinski definition) is 4. The summed E-state index contributed by atoms with van der Waals surface area (Å²) in [6, 6.07) is 6.78. The molecular weight excluding hydrogens is 260 g/mol. The Hall–Kier alpha value is -1.60. The first-order valence-electron chi connectivity index (χ1n) is 7.93. The van der Waals surface area contributed by atoms with Gasteiger partial charge in [0.25, 0.3) is 0 Å². The van der Waals surface area contributed by atoms with Crippen molar-refractivity contribution in [3.63, 3.8) is 0 Å². The van der Waals surface area contributed by atoms with E-state index >= 15 is 0 Å². The molecule has 4 heteroatoms. The topological polar surface area (TPSA) is 52.0 Å². The van der Waals surface area contributed by atoms with E-state index in [0.717, 1.165) is 37.4 Å². The number of hydrogen-bond donors (Lipinski definition) is 1. The predicted molar refractivity (Wildman–Crippen MR) is 88.2 cm³/mol. The van der Waals surface area contributed by atoms with Crippen molar-refractivity contribution in [2.75, 3.05) is 24.5 Å². The fourth-order valence-electron chi connectivity index (χ4n) is 2.45. The smallest absolute Gasteiger partial charge is 0.0640 e. The molecule has 4 nitrogen and oxygen atoms in total. The minimum atomic E-state index is 0.321. The summed E-state index contributed by atoms with van der Waals surface area (Å²) in [6.07, 6.45) is 3.52. The van der Waals surface area contributed by atoms with E-state index < -0.39 is 0 Å². The molecule has 0 radical (unpaired) electrons. The first kappa shape index (κ1) is 17.5. The SMILES string of the molecule is CCNC(CC)c1ccc(N(CCC#N)CC(C)C)cn1. The largest absolute Gasteiger partial charge is 0.369 e. The van der Waals surface area contributed by atoms with Gasteiger partial charge < -0.3 is 10.2 Å². The molecular formula is C17H28N4. The minimum Gasteiger partial charge on any atom is -0.369 e. The molecule has 1 aromatic rings. The number of pyridine rings is 1. The van der Waals surface area contributed by atoms with Crippen molar-refractivity contribution >= 4 is 5.69 Å². The van der Waals surface area contributed by atoms with Crippen molar-refractivity contribution in [3.05, 3.63) is 24.0 Å². The Morgan fingerprint density at radius 1 is 1.33 bits per heavy atom. The van der Waals surface area contributed by atoms with Gasteiger partial charge in [-0.25, -0.2) is 0 Å². The monoisotopic (exact) mass is 288 g/mol. The third kappa shape index (κ3) is 5.73. The zero-order valence-corrected chi connectivity index (χ0v) is 13.8. The van der Waals surface area contributed by atoms with E-state index in [0.29, 0.717) is 18.4 Å². The van der Waals surface area contributed by atoms with E-state index in [9.17, 15) is 0 Å². The molecule has 0 aromatic carbocycles. The van der Waals surface area contributed by atoms with Crippen molar-refractivity contribution in [1.29, 1.82) is 5.26 Å². The number of nitriles is 1. The molecule has 1 N–H and O–H groups in total. The van der Waals surface area contributed by atoms with Crippen molar-refractivity contribution in [1.82, 2.24) is 10.3 Å². The van der Waals surface area contributed by atoms with E-state index in [1.807, 2.05) is 6.20 Å². The molecule has 0 fully saturated rings. The van der Waals surface area contributed by atoms with Crippen LogP contribution in [-0.4, -0.2) is 24.6 Å². The summed E-state index contributed by atoms with van der Waals surface area (Å²) in [4.78, 5) is 6.87. The predicted octanol–water partition coefficient (Wildman–Crippen LogP) is 3.52. The first-order valence-corrected chi connectivity index (χ1v) is 7.93. The highest BCUT2D eigenvalue weighted by Gasteiger charge is 2.12. The lowest BCUT2D eigenvalue weighted by Gasteiger charge is -2.26. The van der Waals surface area contributed by atoms with E-state index in [-0.39, 0.29) is 0 Å². The summed E-state index contributed by atoms with van der Waals surface area (Å²) in [6.45, 7) is 11.3. The third-order valence-corrected chi connectivity index (χ3v) is 3.43. The summed E-state index contributed by atoms with van der Waals surface area (Å²) >= 11 is 0. The van der Waals surface area contributed by atoms with Crippen LogP contribution < -0.4 is 10.2 Å². The van der Waals surface area contributed by atoms with Crippen LogP contribution in [0.3, 0.4) is 0 Å². The standard InChI is InChI=1S/C17H28N4/c1-5-16(19-6-2)17-9-8-15(12-20-17)21(11-7-10-18)13-14(3)4/h8-9,12,14,16,19H,5-7,11,13H2,1-4H3. The fourth-order valence-corrected chi connectivity index (χ4v) is 2.45. The molecule has 1 heterocycles. The maximum Gasteiger partial charge on any atom is 0.0640 e. The second kappa shape index (κ2) is 9.36. The normalized spacial score (nSPS) is 12.2. The van der Waals surface area contributed by atoms with Gasteiger partial charge in [0.15, 0.2) is 0 Å². The lowest BCUT2D eigenvalue weighted by molar-refractivity contribution is 0.524. The Kier molecular flexibility index (Phi) is 7.78.